The van der Waals surface area contributed by atoms with Crippen molar-refractivity contribution in [1.82, 2.24) is 0 Å². The first kappa shape index (κ1) is 24.3. The number of aliphatic carboxylic acids is 1. The van der Waals surface area contributed by atoms with E-state index in [-0.39, 0.29) is 25.4 Å². The van der Waals surface area contributed by atoms with Crippen molar-refractivity contribution in [3.05, 3.63) is 12.7 Å². The number of hydrogen-bond donors (Lipinski definition) is 3. The van der Waals surface area contributed by atoms with E-state index in [4.69, 9.17) is 24.4 Å². The quantitative estimate of drug-likeness (QED) is 0.343. The number of carboxylic acids is 1. The lowest BCUT2D eigenvalue weighted by atomic mass is 10.3. The standard InChI is InChI=1S/C13H28O5.C3H4O2/c1-4-5-6-16-9-13(15)10-18-12(3)8-17-11(2)7-14;1-2-3(4)5/h11-15H,4-10H2,1-3H3;2H,1H2,(H,4,5). The highest BCUT2D eigenvalue weighted by atomic mass is 16.5. The molecule has 0 saturated carbocycles. The van der Waals surface area contributed by atoms with E-state index < -0.39 is 12.1 Å². The number of rotatable bonds is 13. The number of ether oxygens (including phenoxy) is 3. The molecule has 0 amide bonds. The molecule has 0 fully saturated rings. The van der Waals surface area contributed by atoms with Crippen molar-refractivity contribution in [2.45, 2.75) is 51.9 Å². The van der Waals surface area contributed by atoms with Crippen LogP contribution in [-0.2, 0) is 19.0 Å². The van der Waals surface area contributed by atoms with Gasteiger partial charge < -0.3 is 29.5 Å². The minimum Gasteiger partial charge on any atom is -0.478 e. The summed E-state index contributed by atoms with van der Waals surface area (Å²) in [5, 5.41) is 26.0. The van der Waals surface area contributed by atoms with Crippen LogP contribution in [0, 0.1) is 0 Å². The normalized spacial score (nSPS) is 14.3. The molecule has 0 spiro atoms. The molecule has 0 aliphatic rings. The number of carbonyl (C=O) groups is 1. The van der Waals surface area contributed by atoms with Crippen molar-refractivity contribution in [1.29, 1.82) is 0 Å². The monoisotopic (exact) mass is 336 g/mol. The van der Waals surface area contributed by atoms with Crippen molar-refractivity contribution < 1.29 is 34.3 Å². The van der Waals surface area contributed by atoms with Gasteiger partial charge in [-0.2, -0.15) is 0 Å². The first-order valence-corrected chi connectivity index (χ1v) is 7.82. The molecule has 3 unspecified atom stereocenters. The fourth-order valence-corrected chi connectivity index (χ4v) is 1.19. The highest BCUT2D eigenvalue weighted by Gasteiger charge is 2.10. The van der Waals surface area contributed by atoms with Gasteiger partial charge in [-0.25, -0.2) is 4.79 Å². The van der Waals surface area contributed by atoms with Crippen LogP contribution in [0.25, 0.3) is 0 Å². The molecule has 138 valence electrons. The minimum absolute atomic E-state index is 0.000609. The van der Waals surface area contributed by atoms with Gasteiger partial charge in [0.05, 0.1) is 38.6 Å². The van der Waals surface area contributed by atoms with Crippen LogP contribution >= 0.6 is 0 Å². The lowest BCUT2D eigenvalue weighted by Gasteiger charge is -2.18. The molecule has 0 aliphatic heterocycles. The molecule has 23 heavy (non-hydrogen) atoms. The Labute approximate surface area is 138 Å². The van der Waals surface area contributed by atoms with E-state index in [1.54, 1.807) is 6.92 Å². The Morgan fingerprint density at radius 2 is 1.74 bits per heavy atom. The first-order chi connectivity index (χ1) is 10.9. The molecule has 0 aromatic heterocycles. The molecule has 3 atom stereocenters. The lowest BCUT2D eigenvalue weighted by molar-refractivity contribution is -0.131. The van der Waals surface area contributed by atoms with Crippen molar-refractivity contribution in [2.75, 3.05) is 33.0 Å². The van der Waals surface area contributed by atoms with E-state index in [1.807, 2.05) is 6.92 Å². The average molecular weight is 336 g/mol. The van der Waals surface area contributed by atoms with E-state index in [9.17, 15) is 9.90 Å². The van der Waals surface area contributed by atoms with Crippen LogP contribution in [0.2, 0.25) is 0 Å². The van der Waals surface area contributed by atoms with E-state index in [1.165, 1.54) is 0 Å². The van der Waals surface area contributed by atoms with Gasteiger partial charge in [0.25, 0.3) is 0 Å². The SMILES string of the molecule is C=CC(=O)O.CCCCOCC(O)COC(C)COC(C)CO. The molecule has 0 rings (SSSR count). The second-order valence-electron chi connectivity index (χ2n) is 5.10. The molecule has 0 heterocycles. The summed E-state index contributed by atoms with van der Waals surface area (Å²) in [6.45, 7) is 10.4. The zero-order chi connectivity index (χ0) is 18.1. The summed E-state index contributed by atoms with van der Waals surface area (Å²) in [6.07, 6.45) is 2.04. The van der Waals surface area contributed by atoms with Crippen molar-refractivity contribution in [2.24, 2.45) is 0 Å². The van der Waals surface area contributed by atoms with Crippen molar-refractivity contribution >= 4 is 5.97 Å². The van der Waals surface area contributed by atoms with Crippen LogP contribution in [0.5, 0.6) is 0 Å². The third-order valence-electron chi connectivity index (χ3n) is 2.57. The zero-order valence-corrected chi connectivity index (χ0v) is 14.4. The van der Waals surface area contributed by atoms with Crippen LogP contribution in [0.15, 0.2) is 12.7 Å². The third kappa shape index (κ3) is 21.0. The molecule has 0 bridgehead atoms. The second-order valence-corrected chi connectivity index (χ2v) is 5.10. The molecule has 7 heteroatoms. The Morgan fingerprint density at radius 1 is 1.17 bits per heavy atom. The Hall–Kier alpha value is -0.990. The maximum atomic E-state index is 9.59. The lowest BCUT2D eigenvalue weighted by Crippen LogP contribution is -2.28. The van der Waals surface area contributed by atoms with Crippen LogP contribution < -0.4 is 0 Å². The van der Waals surface area contributed by atoms with Gasteiger partial charge in [-0.05, 0) is 20.3 Å². The Balaban J connectivity index is 0. The van der Waals surface area contributed by atoms with Gasteiger partial charge >= 0.3 is 5.97 Å². The Bertz CT molecular complexity index is 284. The predicted molar refractivity (Wildman–Crippen MR) is 87.5 cm³/mol. The van der Waals surface area contributed by atoms with E-state index in [2.05, 4.69) is 13.5 Å². The fraction of sp³-hybridized carbons (Fsp3) is 0.812. The second kappa shape index (κ2) is 17.4. The maximum absolute atomic E-state index is 9.59. The van der Waals surface area contributed by atoms with Crippen LogP contribution in [0.4, 0.5) is 0 Å². The summed E-state index contributed by atoms with van der Waals surface area (Å²) in [5.41, 5.74) is 0. The summed E-state index contributed by atoms with van der Waals surface area (Å²) >= 11 is 0. The maximum Gasteiger partial charge on any atom is 0.327 e. The highest BCUT2D eigenvalue weighted by Crippen LogP contribution is 1.99. The van der Waals surface area contributed by atoms with Gasteiger partial charge in [-0.1, -0.05) is 19.9 Å². The summed E-state index contributed by atoms with van der Waals surface area (Å²) in [5.74, 6) is -0.981. The van der Waals surface area contributed by atoms with Gasteiger partial charge in [0.1, 0.15) is 6.10 Å². The molecule has 0 aromatic rings. The first-order valence-electron chi connectivity index (χ1n) is 7.82. The van der Waals surface area contributed by atoms with Gasteiger partial charge in [-0.15, -0.1) is 0 Å². The number of aliphatic hydroxyl groups is 2. The number of carboxylic acid groups (broad SMARTS) is 1. The molecule has 3 N–H and O–H groups in total. The van der Waals surface area contributed by atoms with Gasteiger partial charge in [0.2, 0.25) is 0 Å². The zero-order valence-electron chi connectivity index (χ0n) is 14.4. The summed E-state index contributed by atoms with van der Waals surface area (Å²) in [6, 6.07) is 0. The molecular formula is C16H32O7. The Morgan fingerprint density at radius 3 is 2.22 bits per heavy atom. The van der Waals surface area contributed by atoms with E-state index in [0.29, 0.717) is 19.8 Å². The van der Waals surface area contributed by atoms with Gasteiger partial charge in [0.15, 0.2) is 0 Å². The number of aliphatic hydroxyl groups excluding tert-OH is 2. The van der Waals surface area contributed by atoms with Gasteiger partial charge in [-0.3, -0.25) is 0 Å². The minimum atomic E-state index is -0.981. The molecule has 0 radical (unpaired) electrons. The summed E-state index contributed by atoms with van der Waals surface area (Å²) in [7, 11) is 0. The largest absolute Gasteiger partial charge is 0.478 e. The fourth-order valence-electron chi connectivity index (χ4n) is 1.19. The van der Waals surface area contributed by atoms with Crippen LogP contribution in [0.3, 0.4) is 0 Å². The Kier molecular flexibility index (Phi) is 18.3. The molecular weight excluding hydrogens is 304 g/mol. The predicted octanol–water partition coefficient (Wildman–Crippen LogP) is 1.22. The number of hydrogen-bond acceptors (Lipinski definition) is 6. The van der Waals surface area contributed by atoms with E-state index >= 15 is 0 Å². The van der Waals surface area contributed by atoms with Crippen LogP contribution in [0.1, 0.15) is 33.6 Å². The molecule has 0 aromatic carbocycles. The molecule has 0 saturated heterocycles. The van der Waals surface area contributed by atoms with Crippen molar-refractivity contribution in [3.8, 4) is 0 Å². The average Bonchev–Trinajstić information content (AvgIpc) is 2.55. The summed E-state index contributed by atoms with van der Waals surface area (Å²) < 4.78 is 16.0. The van der Waals surface area contributed by atoms with Crippen molar-refractivity contribution in [3.63, 3.8) is 0 Å². The smallest absolute Gasteiger partial charge is 0.327 e. The highest BCUT2D eigenvalue weighted by molar-refractivity contribution is 5.78. The summed E-state index contributed by atoms with van der Waals surface area (Å²) in [4.78, 5) is 9.25. The van der Waals surface area contributed by atoms with E-state index in [0.717, 1.165) is 18.9 Å². The topological polar surface area (TPSA) is 105 Å². The van der Waals surface area contributed by atoms with Crippen LogP contribution in [-0.4, -0.2) is 72.6 Å². The number of unbranched alkanes of at least 4 members (excludes halogenated alkanes) is 1. The molecule has 0 aliphatic carbocycles. The van der Waals surface area contributed by atoms with Gasteiger partial charge in [0, 0.05) is 12.7 Å². The third-order valence-corrected chi connectivity index (χ3v) is 2.57. The molecule has 7 nitrogen and oxygen atoms in total.